The van der Waals surface area contributed by atoms with E-state index in [0.717, 1.165) is 24.5 Å². The highest BCUT2D eigenvalue weighted by Crippen LogP contribution is 2.33. The molecule has 0 bridgehead atoms. The average molecular weight is 262 g/mol. The van der Waals surface area contributed by atoms with Gasteiger partial charge < -0.3 is 15.4 Å². The van der Waals surface area contributed by atoms with Crippen molar-refractivity contribution >= 4 is 11.5 Å². The fourth-order valence-electron chi connectivity index (χ4n) is 2.32. The van der Waals surface area contributed by atoms with Gasteiger partial charge in [-0.2, -0.15) is 0 Å². The Kier molecular flexibility index (Phi) is 4.10. The van der Waals surface area contributed by atoms with E-state index in [-0.39, 0.29) is 5.78 Å². The molecular weight excluding hydrogens is 240 g/mol. The first-order valence-electron chi connectivity index (χ1n) is 6.80. The normalized spacial score (nSPS) is 15.9. The van der Waals surface area contributed by atoms with Crippen molar-refractivity contribution in [1.29, 1.82) is 0 Å². The number of hydrogen-bond acceptors (Lipinski definition) is 4. The van der Waals surface area contributed by atoms with Crippen molar-refractivity contribution in [3.8, 4) is 5.75 Å². The SMILES string of the molecule is CC(C)CN1CCOc2ccc(C(=O)C(C)N)cc21. The maximum atomic E-state index is 12.0. The van der Waals surface area contributed by atoms with E-state index in [1.165, 1.54) is 0 Å². The van der Waals surface area contributed by atoms with Crippen molar-refractivity contribution in [2.45, 2.75) is 26.8 Å². The van der Waals surface area contributed by atoms with Crippen LogP contribution in [-0.2, 0) is 0 Å². The Morgan fingerprint density at radius 3 is 2.79 bits per heavy atom. The molecule has 0 amide bonds. The van der Waals surface area contributed by atoms with Crippen molar-refractivity contribution in [1.82, 2.24) is 0 Å². The third-order valence-corrected chi connectivity index (χ3v) is 3.20. The van der Waals surface area contributed by atoms with Crippen LogP contribution in [-0.4, -0.2) is 31.5 Å². The fraction of sp³-hybridized carbons (Fsp3) is 0.533. The molecule has 0 radical (unpaired) electrons. The van der Waals surface area contributed by atoms with Gasteiger partial charge in [-0.05, 0) is 31.0 Å². The highest BCUT2D eigenvalue weighted by atomic mass is 16.5. The summed E-state index contributed by atoms with van der Waals surface area (Å²) >= 11 is 0. The summed E-state index contributed by atoms with van der Waals surface area (Å²) in [5.41, 5.74) is 7.33. The molecule has 19 heavy (non-hydrogen) atoms. The molecule has 0 fully saturated rings. The fourth-order valence-corrected chi connectivity index (χ4v) is 2.32. The van der Waals surface area contributed by atoms with Crippen molar-refractivity contribution < 1.29 is 9.53 Å². The minimum Gasteiger partial charge on any atom is -0.490 e. The number of rotatable bonds is 4. The van der Waals surface area contributed by atoms with Gasteiger partial charge in [-0.25, -0.2) is 0 Å². The molecule has 0 aromatic heterocycles. The summed E-state index contributed by atoms with van der Waals surface area (Å²) in [6, 6.07) is 5.10. The van der Waals surface area contributed by atoms with E-state index in [9.17, 15) is 4.79 Å². The zero-order valence-corrected chi connectivity index (χ0v) is 11.8. The maximum absolute atomic E-state index is 12.0. The van der Waals surface area contributed by atoms with Crippen LogP contribution >= 0.6 is 0 Å². The Balaban J connectivity index is 2.32. The van der Waals surface area contributed by atoms with Crippen LogP contribution in [0.5, 0.6) is 5.75 Å². The number of ether oxygens (including phenoxy) is 1. The Bertz CT molecular complexity index is 469. The quantitative estimate of drug-likeness (QED) is 0.844. The molecule has 0 saturated heterocycles. The lowest BCUT2D eigenvalue weighted by atomic mass is 10.0. The second kappa shape index (κ2) is 5.61. The predicted octanol–water partition coefficient (Wildman–Crippen LogP) is 2.07. The molecule has 1 aromatic carbocycles. The van der Waals surface area contributed by atoms with Gasteiger partial charge in [0.25, 0.3) is 0 Å². The molecule has 0 aliphatic carbocycles. The van der Waals surface area contributed by atoms with Gasteiger partial charge >= 0.3 is 0 Å². The van der Waals surface area contributed by atoms with Crippen molar-refractivity contribution in [2.24, 2.45) is 11.7 Å². The number of nitrogens with zero attached hydrogens (tertiary/aromatic N) is 1. The number of carbonyl (C=O) groups is 1. The summed E-state index contributed by atoms with van der Waals surface area (Å²) in [7, 11) is 0. The summed E-state index contributed by atoms with van der Waals surface area (Å²) in [5.74, 6) is 1.39. The number of nitrogens with two attached hydrogens (primary N) is 1. The highest BCUT2D eigenvalue weighted by Gasteiger charge is 2.21. The molecule has 1 unspecified atom stereocenters. The zero-order chi connectivity index (χ0) is 14.0. The van der Waals surface area contributed by atoms with Crippen LogP contribution in [0, 0.1) is 5.92 Å². The standard InChI is InChI=1S/C15H22N2O2/c1-10(2)9-17-6-7-19-14-5-4-12(8-13(14)17)15(18)11(3)16/h4-5,8,10-11H,6-7,9,16H2,1-3H3. The highest BCUT2D eigenvalue weighted by molar-refractivity contribution is 6.00. The summed E-state index contributed by atoms with van der Waals surface area (Å²) in [6.07, 6.45) is 0. The lowest BCUT2D eigenvalue weighted by Gasteiger charge is -2.32. The monoisotopic (exact) mass is 262 g/mol. The van der Waals surface area contributed by atoms with Gasteiger partial charge in [0, 0.05) is 12.1 Å². The van der Waals surface area contributed by atoms with Gasteiger partial charge in [-0.15, -0.1) is 0 Å². The first kappa shape index (κ1) is 13.9. The number of fused-ring (bicyclic) bond motifs is 1. The van der Waals surface area contributed by atoms with Gasteiger partial charge in [0.1, 0.15) is 12.4 Å². The third kappa shape index (κ3) is 3.07. The largest absolute Gasteiger partial charge is 0.490 e. The molecule has 104 valence electrons. The van der Waals surface area contributed by atoms with Crippen LogP contribution in [0.1, 0.15) is 31.1 Å². The van der Waals surface area contributed by atoms with Crippen LogP contribution in [0.3, 0.4) is 0 Å². The van der Waals surface area contributed by atoms with Gasteiger partial charge in [-0.1, -0.05) is 13.8 Å². The number of Topliss-reactive ketones (excluding diaryl/α,β-unsaturated/α-hetero) is 1. The van der Waals surface area contributed by atoms with E-state index in [1.807, 2.05) is 12.1 Å². The summed E-state index contributed by atoms with van der Waals surface area (Å²) < 4.78 is 5.65. The van der Waals surface area contributed by atoms with Crippen LogP contribution in [0.15, 0.2) is 18.2 Å². The third-order valence-electron chi connectivity index (χ3n) is 3.20. The molecule has 1 aliphatic heterocycles. The molecule has 1 aliphatic rings. The van der Waals surface area contributed by atoms with Gasteiger partial charge in [0.2, 0.25) is 0 Å². The molecule has 0 spiro atoms. The van der Waals surface area contributed by atoms with Crippen LogP contribution in [0.2, 0.25) is 0 Å². The second-order valence-corrected chi connectivity index (χ2v) is 5.52. The Labute approximate surface area is 114 Å². The van der Waals surface area contributed by atoms with E-state index in [0.29, 0.717) is 18.1 Å². The second-order valence-electron chi connectivity index (χ2n) is 5.52. The van der Waals surface area contributed by atoms with Crippen LogP contribution in [0.4, 0.5) is 5.69 Å². The number of anilines is 1. The molecule has 4 nitrogen and oxygen atoms in total. The Morgan fingerprint density at radius 1 is 1.42 bits per heavy atom. The van der Waals surface area contributed by atoms with E-state index in [4.69, 9.17) is 10.5 Å². The number of benzene rings is 1. The molecule has 1 heterocycles. The van der Waals surface area contributed by atoms with Crippen molar-refractivity contribution in [3.63, 3.8) is 0 Å². The van der Waals surface area contributed by atoms with Gasteiger partial charge in [0.05, 0.1) is 18.3 Å². The Hall–Kier alpha value is -1.55. The molecule has 0 saturated carbocycles. The number of ketones is 1. The zero-order valence-electron chi connectivity index (χ0n) is 11.8. The smallest absolute Gasteiger partial charge is 0.179 e. The van der Waals surface area contributed by atoms with Gasteiger partial charge in [-0.3, -0.25) is 4.79 Å². The summed E-state index contributed by atoms with van der Waals surface area (Å²) in [6.45, 7) is 8.61. The molecule has 1 atom stereocenters. The molecule has 2 N–H and O–H groups in total. The minimum atomic E-state index is -0.471. The lowest BCUT2D eigenvalue weighted by molar-refractivity contribution is 0.0968. The van der Waals surface area contributed by atoms with E-state index in [1.54, 1.807) is 13.0 Å². The molecule has 4 heteroatoms. The van der Waals surface area contributed by atoms with Crippen molar-refractivity contribution in [2.75, 3.05) is 24.6 Å². The predicted molar refractivity (Wildman–Crippen MR) is 77.0 cm³/mol. The van der Waals surface area contributed by atoms with E-state index < -0.39 is 6.04 Å². The first-order chi connectivity index (χ1) is 8.99. The molecule has 1 aromatic rings. The minimum absolute atomic E-state index is 0.0297. The summed E-state index contributed by atoms with van der Waals surface area (Å²) in [5, 5.41) is 0. The number of hydrogen-bond donors (Lipinski definition) is 1. The lowest BCUT2D eigenvalue weighted by Crippen LogP contribution is -2.35. The first-order valence-corrected chi connectivity index (χ1v) is 6.80. The maximum Gasteiger partial charge on any atom is 0.179 e. The molecular formula is C15H22N2O2. The summed E-state index contributed by atoms with van der Waals surface area (Å²) in [4.78, 5) is 14.3. The van der Waals surface area contributed by atoms with Gasteiger partial charge in [0.15, 0.2) is 5.78 Å². The van der Waals surface area contributed by atoms with Crippen molar-refractivity contribution in [3.05, 3.63) is 23.8 Å². The Morgan fingerprint density at radius 2 is 2.16 bits per heavy atom. The van der Waals surface area contributed by atoms with E-state index in [2.05, 4.69) is 18.7 Å². The van der Waals surface area contributed by atoms with Crippen LogP contribution < -0.4 is 15.4 Å². The topological polar surface area (TPSA) is 55.6 Å². The average Bonchev–Trinajstić information content (AvgIpc) is 2.37. The number of carbonyl (C=O) groups excluding carboxylic acids is 1. The van der Waals surface area contributed by atoms with Crippen LogP contribution in [0.25, 0.3) is 0 Å². The molecule has 2 rings (SSSR count). The van der Waals surface area contributed by atoms with E-state index >= 15 is 0 Å².